The topological polar surface area (TPSA) is 43.6 Å². The van der Waals surface area contributed by atoms with E-state index >= 15 is 0 Å². The maximum absolute atomic E-state index is 4.52. The number of hydrogen-bond acceptors (Lipinski definition) is 4. The first-order valence-corrected chi connectivity index (χ1v) is 6.87. The van der Waals surface area contributed by atoms with Crippen LogP contribution in [0.15, 0.2) is 33.2 Å². The summed E-state index contributed by atoms with van der Waals surface area (Å²) in [6.07, 6.45) is 3.70. The maximum Gasteiger partial charge on any atom is 0.174 e. The van der Waals surface area contributed by atoms with Crippen molar-refractivity contribution >= 4 is 27.7 Å². The average molecular weight is 313 g/mol. The van der Waals surface area contributed by atoms with Crippen LogP contribution in [0.5, 0.6) is 0 Å². The SMILES string of the molecule is CC(C)c1nc(Br)cc(Sc2nccn2C)n1. The van der Waals surface area contributed by atoms with Crippen LogP contribution < -0.4 is 0 Å². The molecule has 0 radical (unpaired) electrons. The Bertz CT molecular complexity index is 524. The fourth-order valence-electron chi connectivity index (χ4n) is 1.27. The van der Waals surface area contributed by atoms with Crippen molar-refractivity contribution in [2.45, 2.75) is 29.9 Å². The van der Waals surface area contributed by atoms with Gasteiger partial charge in [-0.05, 0) is 27.7 Å². The van der Waals surface area contributed by atoms with Gasteiger partial charge in [0.05, 0.1) is 0 Å². The van der Waals surface area contributed by atoms with E-state index < -0.39 is 0 Å². The third kappa shape index (κ3) is 3.07. The Kier molecular flexibility index (Phi) is 3.83. The number of rotatable bonds is 3. The lowest BCUT2D eigenvalue weighted by atomic mass is 10.2. The highest BCUT2D eigenvalue weighted by Crippen LogP contribution is 2.27. The monoisotopic (exact) mass is 312 g/mol. The van der Waals surface area contributed by atoms with Gasteiger partial charge < -0.3 is 4.57 Å². The van der Waals surface area contributed by atoms with Crippen LogP contribution in [-0.4, -0.2) is 19.5 Å². The fraction of sp³-hybridized carbons (Fsp3) is 0.364. The van der Waals surface area contributed by atoms with Crippen molar-refractivity contribution < 1.29 is 0 Å². The Morgan fingerprint density at radius 1 is 1.35 bits per heavy atom. The zero-order valence-corrected chi connectivity index (χ0v) is 12.3. The van der Waals surface area contributed by atoms with Crippen LogP contribution in [0.1, 0.15) is 25.6 Å². The second-order valence-corrected chi connectivity index (χ2v) is 5.76. The molecule has 0 aliphatic heterocycles. The molecule has 0 atom stereocenters. The molecule has 4 nitrogen and oxygen atoms in total. The highest BCUT2D eigenvalue weighted by molar-refractivity contribution is 9.10. The van der Waals surface area contributed by atoms with Crippen LogP contribution in [0.25, 0.3) is 0 Å². The summed E-state index contributed by atoms with van der Waals surface area (Å²) >= 11 is 4.95. The molecule has 0 saturated carbocycles. The molecule has 0 bridgehead atoms. The Hall–Kier alpha value is -0.880. The molecule has 2 rings (SSSR count). The van der Waals surface area contributed by atoms with E-state index in [0.717, 1.165) is 20.6 Å². The lowest BCUT2D eigenvalue weighted by Gasteiger charge is -2.07. The van der Waals surface area contributed by atoms with Gasteiger partial charge in [0.1, 0.15) is 15.5 Å². The first-order valence-electron chi connectivity index (χ1n) is 5.26. The minimum Gasteiger partial charge on any atom is -0.329 e. The summed E-state index contributed by atoms with van der Waals surface area (Å²) < 4.78 is 2.78. The molecule has 0 N–H and O–H groups in total. The Morgan fingerprint density at radius 2 is 2.12 bits per heavy atom. The van der Waals surface area contributed by atoms with Crippen molar-refractivity contribution in [1.82, 2.24) is 19.5 Å². The molecule has 0 unspecified atom stereocenters. The van der Waals surface area contributed by atoms with Crippen LogP contribution >= 0.6 is 27.7 Å². The second kappa shape index (κ2) is 5.18. The normalized spacial score (nSPS) is 11.1. The van der Waals surface area contributed by atoms with E-state index in [-0.39, 0.29) is 0 Å². The van der Waals surface area contributed by atoms with Gasteiger partial charge in [-0.1, -0.05) is 13.8 Å². The van der Waals surface area contributed by atoms with E-state index in [2.05, 4.69) is 44.7 Å². The minimum absolute atomic E-state index is 0.313. The molecular formula is C11H13BrN4S. The molecule has 6 heteroatoms. The third-order valence-corrected chi connectivity index (χ3v) is 3.58. The van der Waals surface area contributed by atoms with E-state index in [4.69, 9.17) is 0 Å². The molecule has 17 heavy (non-hydrogen) atoms. The zero-order chi connectivity index (χ0) is 12.4. The van der Waals surface area contributed by atoms with Crippen molar-refractivity contribution in [2.24, 2.45) is 7.05 Å². The molecule has 0 saturated heterocycles. The van der Waals surface area contributed by atoms with E-state index in [0.29, 0.717) is 5.92 Å². The third-order valence-electron chi connectivity index (χ3n) is 2.18. The van der Waals surface area contributed by atoms with E-state index in [1.54, 1.807) is 6.20 Å². The molecule has 0 aromatic carbocycles. The second-order valence-electron chi connectivity index (χ2n) is 3.96. The predicted molar refractivity (Wildman–Crippen MR) is 71.2 cm³/mol. The summed E-state index contributed by atoms with van der Waals surface area (Å²) in [6, 6.07) is 1.91. The average Bonchev–Trinajstić information content (AvgIpc) is 2.63. The Labute approximate surface area is 113 Å². The molecule has 0 amide bonds. The summed E-state index contributed by atoms with van der Waals surface area (Å²) in [7, 11) is 1.97. The van der Waals surface area contributed by atoms with Crippen LogP contribution in [0.3, 0.4) is 0 Å². The lowest BCUT2D eigenvalue weighted by molar-refractivity contribution is 0.744. The van der Waals surface area contributed by atoms with E-state index in [9.17, 15) is 0 Å². The number of halogens is 1. The molecule has 90 valence electrons. The van der Waals surface area contributed by atoms with Gasteiger partial charge in [0.25, 0.3) is 0 Å². The van der Waals surface area contributed by atoms with Gasteiger partial charge >= 0.3 is 0 Å². The Morgan fingerprint density at radius 3 is 2.71 bits per heavy atom. The van der Waals surface area contributed by atoms with Crippen LogP contribution in [-0.2, 0) is 7.05 Å². The van der Waals surface area contributed by atoms with Gasteiger partial charge in [-0.15, -0.1) is 0 Å². The van der Waals surface area contributed by atoms with E-state index in [1.165, 1.54) is 11.8 Å². The number of aromatic nitrogens is 4. The summed E-state index contributed by atoms with van der Waals surface area (Å²) in [6.45, 7) is 4.16. The maximum atomic E-state index is 4.52. The fourth-order valence-corrected chi connectivity index (χ4v) is 2.63. The van der Waals surface area contributed by atoms with Crippen molar-refractivity contribution in [3.8, 4) is 0 Å². The van der Waals surface area contributed by atoms with Crippen LogP contribution in [0.4, 0.5) is 0 Å². The molecule has 0 fully saturated rings. The highest BCUT2D eigenvalue weighted by atomic mass is 79.9. The molecule has 0 aliphatic rings. The molecule has 0 aliphatic carbocycles. The number of imidazole rings is 1. The molecule has 0 spiro atoms. The smallest absolute Gasteiger partial charge is 0.174 e. The standard InChI is InChI=1S/C11H13BrN4S/c1-7(2)10-14-8(12)6-9(15-10)17-11-13-4-5-16(11)3/h4-7H,1-3H3. The number of hydrogen-bond donors (Lipinski definition) is 0. The van der Waals surface area contributed by atoms with Crippen molar-refractivity contribution in [1.29, 1.82) is 0 Å². The number of nitrogens with zero attached hydrogens (tertiary/aromatic N) is 4. The number of aryl methyl sites for hydroxylation is 1. The van der Waals surface area contributed by atoms with Gasteiger partial charge in [-0.2, -0.15) is 0 Å². The van der Waals surface area contributed by atoms with Gasteiger partial charge in [0, 0.05) is 31.4 Å². The predicted octanol–water partition coefficient (Wildman–Crippen LogP) is 3.25. The largest absolute Gasteiger partial charge is 0.329 e. The van der Waals surface area contributed by atoms with Crippen molar-refractivity contribution in [2.75, 3.05) is 0 Å². The summed E-state index contributed by atoms with van der Waals surface area (Å²) in [5.41, 5.74) is 0. The first-order chi connectivity index (χ1) is 8.06. The van der Waals surface area contributed by atoms with E-state index in [1.807, 2.05) is 23.9 Å². The molecule has 2 aromatic heterocycles. The summed E-state index contributed by atoms with van der Waals surface area (Å²) in [4.78, 5) is 13.1. The summed E-state index contributed by atoms with van der Waals surface area (Å²) in [5, 5.41) is 1.83. The summed E-state index contributed by atoms with van der Waals surface area (Å²) in [5.74, 6) is 1.16. The first kappa shape index (κ1) is 12.6. The zero-order valence-electron chi connectivity index (χ0n) is 9.88. The molecule has 2 heterocycles. The molecule has 2 aromatic rings. The van der Waals surface area contributed by atoms with Crippen molar-refractivity contribution in [3.05, 3.63) is 28.9 Å². The van der Waals surface area contributed by atoms with Gasteiger partial charge in [-0.25, -0.2) is 15.0 Å². The van der Waals surface area contributed by atoms with Gasteiger partial charge in [0.2, 0.25) is 0 Å². The minimum atomic E-state index is 0.313. The van der Waals surface area contributed by atoms with Crippen LogP contribution in [0.2, 0.25) is 0 Å². The van der Waals surface area contributed by atoms with Crippen LogP contribution in [0, 0.1) is 0 Å². The highest BCUT2D eigenvalue weighted by Gasteiger charge is 2.09. The Balaban J connectivity index is 2.30. The lowest BCUT2D eigenvalue weighted by Crippen LogP contribution is -1.99. The quantitative estimate of drug-likeness (QED) is 0.816. The van der Waals surface area contributed by atoms with Gasteiger partial charge in [0.15, 0.2) is 5.16 Å². The molecular weight excluding hydrogens is 300 g/mol. The van der Waals surface area contributed by atoms with Gasteiger partial charge in [-0.3, -0.25) is 0 Å². The van der Waals surface area contributed by atoms with Crippen molar-refractivity contribution in [3.63, 3.8) is 0 Å².